The van der Waals surface area contributed by atoms with Gasteiger partial charge in [-0.05, 0) is 36.4 Å². The molecule has 0 spiro atoms. The summed E-state index contributed by atoms with van der Waals surface area (Å²) in [6.45, 7) is 0. The Labute approximate surface area is 132 Å². The van der Waals surface area contributed by atoms with Crippen molar-refractivity contribution in [2.75, 3.05) is 4.72 Å². The van der Waals surface area contributed by atoms with E-state index in [4.69, 9.17) is 0 Å². The highest BCUT2D eigenvalue weighted by molar-refractivity contribution is 9.10. The van der Waals surface area contributed by atoms with E-state index in [1.54, 1.807) is 30.5 Å². The largest absolute Gasteiger partial charge is 0.279 e. The Morgan fingerprint density at radius 2 is 1.76 bits per heavy atom. The van der Waals surface area contributed by atoms with Gasteiger partial charge in [-0.2, -0.15) is 0 Å². The van der Waals surface area contributed by atoms with Crippen LogP contribution in [0.5, 0.6) is 0 Å². The van der Waals surface area contributed by atoms with Gasteiger partial charge in [0.1, 0.15) is 0 Å². The number of hydrogen-bond donors (Lipinski definition) is 3. The zero-order valence-corrected chi connectivity index (χ0v) is 13.3. The Morgan fingerprint density at radius 3 is 2.52 bits per heavy atom. The first-order chi connectivity index (χ1) is 10.0. The van der Waals surface area contributed by atoms with Gasteiger partial charge in [-0.15, -0.1) is 0 Å². The van der Waals surface area contributed by atoms with Gasteiger partial charge in [0.25, 0.3) is 0 Å². The van der Waals surface area contributed by atoms with E-state index in [2.05, 4.69) is 25.6 Å². The van der Waals surface area contributed by atoms with Crippen LogP contribution in [0.3, 0.4) is 0 Å². The first-order valence-corrected chi connectivity index (χ1v) is 8.55. The minimum atomic E-state index is -3.09. The fraction of sp³-hybridized carbons (Fsp3) is 0. The van der Waals surface area contributed by atoms with Crippen LogP contribution < -0.4 is 4.72 Å². The van der Waals surface area contributed by atoms with E-state index < -0.39 is 10.8 Å². The van der Waals surface area contributed by atoms with Crippen molar-refractivity contribution in [3.05, 3.63) is 65.3 Å². The predicted octanol–water partition coefficient (Wildman–Crippen LogP) is 5.13. The van der Waals surface area contributed by atoms with Crippen molar-refractivity contribution in [3.8, 4) is 0 Å². The molecule has 0 atom stereocenters. The molecule has 0 bridgehead atoms. The second-order valence-electron chi connectivity index (χ2n) is 4.52. The first-order valence-electron chi connectivity index (χ1n) is 6.21. The van der Waals surface area contributed by atoms with Gasteiger partial charge in [0.2, 0.25) is 0 Å². The molecule has 3 N–H and O–H groups in total. The molecule has 0 fully saturated rings. The van der Waals surface area contributed by atoms with Crippen LogP contribution in [0.25, 0.3) is 10.9 Å². The van der Waals surface area contributed by atoms with Gasteiger partial charge in [0.05, 0.1) is 22.3 Å². The average Bonchev–Trinajstić information content (AvgIpc) is 2.47. The lowest BCUT2D eigenvalue weighted by Gasteiger charge is -2.33. The third-order valence-electron chi connectivity index (χ3n) is 2.98. The molecule has 3 aromatic rings. The fourth-order valence-corrected chi connectivity index (χ4v) is 3.47. The number of nitrogens with zero attached hydrogens (tertiary/aromatic N) is 1. The van der Waals surface area contributed by atoms with E-state index in [-0.39, 0.29) is 0 Å². The van der Waals surface area contributed by atoms with Gasteiger partial charge >= 0.3 is 0 Å². The van der Waals surface area contributed by atoms with Gasteiger partial charge in [-0.1, -0.05) is 44.9 Å². The molecule has 3 rings (SSSR count). The predicted molar refractivity (Wildman–Crippen MR) is 90.6 cm³/mol. The number of pyridine rings is 1. The number of fused-ring (bicyclic) bond motifs is 1. The van der Waals surface area contributed by atoms with E-state index in [1.165, 1.54) is 0 Å². The molecule has 0 aliphatic heterocycles. The molecule has 0 aliphatic rings. The highest BCUT2D eigenvalue weighted by Crippen LogP contribution is 2.47. The Balaban J connectivity index is 1.94. The molecule has 4 nitrogen and oxygen atoms in total. The molecule has 21 heavy (non-hydrogen) atoms. The van der Waals surface area contributed by atoms with Crippen molar-refractivity contribution >= 4 is 43.3 Å². The van der Waals surface area contributed by atoms with E-state index in [0.29, 0.717) is 10.6 Å². The standard InChI is InChI=1S/C15H13BrN2O2S/c16-12-6-7-15-11(8-12)9-13(10-17-15)18-21(19,20)14-4-2-1-3-5-14/h1-10,18-20H. The lowest BCUT2D eigenvalue weighted by atomic mass is 10.2. The van der Waals surface area contributed by atoms with E-state index in [0.717, 1.165) is 15.4 Å². The molecule has 0 saturated carbocycles. The zero-order valence-electron chi connectivity index (χ0n) is 10.9. The monoisotopic (exact) mass is 364 g/mol. The third kappa shape index (κ3) is 3.19. The summed E-state index contributed by atoms with van der Waals surface area (Å²) in [6.07, 6.45) is 1.59. The zero-order chi connectivity index (χ0) is 14.9. The summed E-state index contributed by atoms with van der Waals surface area (Å²) in [5.74, 6) is 0. The van der Waals surface area contributed by atoms with Gasteiger partial charge in [-0.25, -0.2) is 0 Å². The molecule has 0 aliphatic carbocycles. The van der Waals surface area contributed by atoms with Crippen molar-refractivity contribution in [3.63, 3.8) is 0 Å². The van der Waals surface area contributed by atoms with Crippen LogP contribution in [-0.4, -0.2) is 14.1 Å². The molecule has 0 radical (unpaired) electrons. The molecule has 0 saturated heterocycles. The summed E-state index contributed by atoms with van der Waals surface area (Å²) < 4.78 is 24.2. The second-order valence-corrected chi connectivity index (χ2v) is 7.21. The summed E-state index contributed by atoms with van der Waals surface area (Å²) in [4.78, 5) is 4.75. The molecule has 0 amide bonds. The van der Waals surface area contributed by atoms with Gasteiger partial charge in [0, 0.05) is 9.86 Å². The van der Waals surface area contributed by atoms with Crippen LogP contribution in [-0.2, 0) is 0 Å². The maximum atomic E-state index is 10.3. The Hall–Kier alpha value is -1.60. The van der Waals surface area contributed by atoms with Crippen LogP contribution in [0.4, 0.5) is 5.69 Å². The summed E-state index contributed by atoms with van der Waals surface area (Å²) in [5, 5.41) is 0.914. The summed E-state index contributed by atoms with van der Waals surface area (Å²) >= 11 is 3.41. The van der Waals surface area contributed by atoms with Crippen LogP contribution in [0.2, 0.25) is 0 Å². The van der Waals surface area contributed by atoms with Crippen molar-refractivity contribution in [1.29, 1.82) is 0 Å². The minimum Gasteiger partial charge on any atom is -0.279 e. The number of benzene rings is 2. The summed E-state index contributed by atoms with van der Waals surface area (Å²) in [7, 11) is -3.09. The number of hydrogen-bond acceptors (Lipinski definition) is 4. The molecule has 0 unspecified atom stereocenters. The van der Waals surface area contributed by atoms with E-state index in [1.807, 2.05) is 30.3 Å². The molecular weight excluding hydrogens is 352 g/mol. The molecule has 108 valence electrons. The lowest BCUT2D eigenvalue weighted by Crippen LogP contribution is -2.09. The smallest absolute Gasteiger partial charge is 0.0801 e. The molecule has 2 aromatic carbocycles. The first kappa shape index (κ1) is 14.3. The number of halogens is 1. The van der Waals surface area contributed by atoms with Crippen LogP contribution in [0.1, 0.15) is 0 Å². The summed E-state index contributed by atoms with van der Waals surface area (Å²) in [5.41, 5.74) is 1.41. The van der Waals surface area contributed by atoms with Gasteiger partial charge in [0.15, 0.2) is 0 Å². The number of rotatable bonds is 3. The topological polar surface area (TPSA) is 65.4 Å². The highest BCUT2D eigenvalue weighted by Gasteiger charge is 2.15. The van der Waals surface area contributed by atoms with Gasteiger partial charge < -0.3 is 0 Å². The van der Waals surface area contributed by atoms with Gasteiger partial charge in [-0.3, -0.25) is 18.8 Å². The maximum absolute atomic E-state index is 10.3. The average molecular weight is 365 g/mol. The van der Waals surface area contributed by atoms with E-state index in [9.17, 15) is 9.11 Å². The molecule has 1 aromatic heterocycles. The Morgan fingerprint density at radius 1 is 1.00 bits per heavy atom. The van der Waals surface area contributed by atoms with E-state index >= 15 is 0 Å². The summed E-state index contributed by atoms with van der Waals surface area (Å²) in [6, 6.07) is 16.3. The third-order valence-corrected chi connectivity index (χ3v) is 4.92. The lowest BCUT2D eigenvalue weighted by molar-refractivity contribution is 0.494. The fourth-order valence-electron chi connectivity index (χ4n) is 1.99. The molecule has 6 heteroatoms. The Kier molecular flexibility index (Phi) is 3.86. The normalized spacial score (nSPS) is 12.3. The van der Waals surface area contributed by atoms with Crippen LogP contribution in [0, 0.1) is 0 Å². The number of anilines is 1. The van der Waals surface area contributed by atoms with Crippen molar-refractivity contribution < 1.29 is 9.11 Å². The van der Waals surface area contributed by atoms with Crippen molar-refractivity contribution in [1.82, 2.24) is 4.98 Å². The minimum absolute atomic E-state index is 0.444. The molecular formula is C15H13BrN2O2S. The van der Waals surface area contributed by atoms with Crippen LogP contribution in [0.15, 0.2) is 70.2 Å². The Bertz CT molecular complexity index is 781. The van der Waals surface area contributed by atoms with Crippen molar-refractivity contribution in [2.45, 2.75) is 4.90 Å². The van der Waals surface area contributed by atoms with Crippen LogP contribution >= 0.6 is 26.7 Å². The highest BCUT2D eigenvalue weighted by atomic mass is 79.9. The number of aromatic nitrogens is 1. The van der Waals surface area contributed by atoms with Crippen molar-refractivity contribution in [2.24, 2.45) is 0 Å². The number of nitrogens with one attached hydrogen (secondary N) is 1. The quantitative estimate of drug-likeness (QED) is 0.602. The molecule has 1 heterocycles. The maximum Gasteiger partial charge on any atom is 0.0801 e. The second kappa shape index (κ2) is 5.65. The SMILES string of the molecule is OS(O)(Nc1cnc2ccc(Br)cc2c1)c1ccccc1.